The fraction of sp³-hybridized carbons (Fsp3) is 0.409. The highest BCUT2D eigenvalue weighted by molar-refractivity contribution is 9.10. The van der Waals surface area contributed by atoms with E-state index in [0.29, 0.717) is 12.2 Å². The molecule has 2 aliphatic rings. The predicted molar refractivity (Wildman–Crippen MR) is 115 cm³/mol. The van der Waals surface area contributed by atoms with Crippen LogP contribution in [-0.4, -0.2) is 5.78 Å². The van der Waals surface area contributed by atoms with Crippen LogP contribution in [0.15, 0.2) is 45.3 Å². The molecule has 0 amide bonds. The lowest BCUT2D eigenvalue weighted by Gasteiger charge is -2.12. The van der Waals surface area contributed by atoms with Crippen molar-refractivity contribution in [3.8, 4) is 0 Å². The number of halogens is 2. The van der Waals surface area contributed by atoms with Gasteiger partial charge < -0.3 is 5.73 Å². The van der Waals surface area contributed by atoms with Crippen molar-refractivity contribution in [2.45, 2.75) is 57.4 Å². The minimum absolute atomic E-state index is 0.255. The van der Waals surface area contributed by atoms with Crippen LogP contribution in [0.5, 0.6) is 0 Å². The number of nitrogens with two attached hydrogens (primary N) is 1. The van der Waals surface area contributed by atoms with Crippen molar-refractivity contribution < 1.29 is 4.79 Å². The lowest BCUT2D eigenvalue weighted by atomic mass is 10.0. The Bertz CT molecular complexity index is 788. The van der Waals surface area contributed by atoms with E-state index in [1.54, 1.807) is 0 Å². The zero-order valence-corrected chi connectivity index (χ0v) is 18.1. The van der Waals surface area contributed by atoms with E-state index in [0.717, 1.165) is 35.7 Å². The largest absolute Gasteiger partial charge is 0.324 e. The zero-order valence-electron chi connectivity index (χ0n) is 14.9. The quantitative estimate of drug-likeness (QED) is 0.437. The van der Waals surface area contributed by atoms with Gasteiger partial charge in [-0.05, 0) is 79.5 Å². The molecule has 2 aromatic carbocycles. The number of aryl methyl sites for hydroxylation is 2. The topological polar surface area (TPSA) is 43.1 Å². The first-order valence-corrected chi connectivity index (χ1v) is 11.0. The first kappa shape index (κ1) is 19.8. The molecule has 4 heteroatoms. The van der Waals surface area contributed by atoms with Gasteiger partial charge in [0.15, 0.2) is 5.78 Å². The summed E-state index contributed by atoms with van der Waals surface area (Å²) in [5.74, 6) is 0.306. The van der Waals surface area contributed by atoms with Crippen molar-refractivity contribution in [2.75, 3.05) is 0 Å². The molecular formula is C22H25Br2NO. The molecule has 0 bridgehead atoms. The zero-order chi connectivity index (χ0) is 18.5. The van der Waals surface area contributed by atoms with Gasteiger partial charge in [-0.25, -0.2) is 0 Å². The summed E-state index contributed by atoms with van der Waals surface area (Å²) in [6, 6.07) is 12.7. The van der Waals surface area contributed by atoms with Crippen molar-refractivity contribution in [2.24, 2.45) is 5.73 Å². The molecule has 1 atom stereocenters. The van der Waals surface area contributed by atoms with Gasteiger partial charge in [0, 0.05) is 27.0 Å². The van der Waals surface area contributed by atoms with Crippen LogP contribution in [0, 0.1) is 0 Å². The van der Waals surface area contributed by atoms with E-state index >= 15 is 0 Å². The van der Waals surface area contributed by atoms with E-state index in [2.05, 4.69) is 56.1 Å². The van der Waals surface area contributed by atoms with Crippen molar-refractivity contribution in [1.29, 1.82) is 0 Å². The Hall–Kier alpha value is -0.970. The van der Waals surface area contributed by atoms with Gasteiger partial charge in [-0.2, -0.15) is 0 Å². The Kier molecular flexibility index (Phi) is 7.07. The average molecular weight is 479 g/mol. The lowest BCUT2D eigenvalue weighted by Crippen LogP contribution is -2.10. The Morgan fingerprint density at radius 1 is 0.808 bits per heavy atom. The Morgan fingerprint density at radius 3 is 2.23 bits per heavy atom. The molecule has 138 valence electrons. The number of carbonyl (C=O) groups excluding carboxylic acids is 1. The van der Waals surface area contributed by atoms with Gasteiger partial charge in [0.25, 0.3) is 0 Å². The van der Waals surface area contributed by atoms with E-state index in [1.165, 1.54) is 40.4 Å². The molecule has 0 fully saturated rings. The molecular weight excluding hydrogens is 454 g/mol. The van der Waals surface area contributed by atoms with Crippen molar-refractivity contribution in [3.63, 3.8) is 0 Å². The normalized spacial score (nSPS) is 19.3. The highest BCUT2D eigenvalue weighted by Gasteiger charge is 2.15. The van der Waals surface area contributed by atoms with Crippen molar-refractivity contribution in [3.05, 3.63) is 67.6 Å². The molecule has 0 spiro atoms. The van der Waals surface area contributed by atoms with Crippen LogP contribution in [0.25, 0.3) is 0 Å². The number of hydrogen-bond donors (Lipinski definition) is 1. The van der Waals surface area contributed by atoms with E-state index in [9.17, 15) is 4.79 Å². The SMILES string of the molecule is NC1CCCCc2cc(Br)ccc21.O=C1CCCCc2cc(Br)ccc21. The number of benzene rings is 2. The summed E-state index contributed by atoms with van der Waals surface area (Å²) in [6.45, 7) is 0. The standard InChI is InChI=1S/C11H14BrN.C11H11BrO/c2*12-9-5-6-10-8(7-9)3-1-2-4-11(10)13/h5-7,11H,1-4,13H2;5-7H,1-4H2. The fourth-order valence-electron chi connectivity index (χ4n) is 3.76. The van der Waals surface area contributed by atoms with Crippen molar-refractivity contribution >= 4 is 37.6 Å². The van der Waals surface area contributed by atoms with Crippen LogP contribution >= 0.6 is 31.9 Å². The van der Waals surface area contributed by atoms with Gasteiger partial charge >= 0.3 is 0 Å². The molecule has 1 unspecified atom stereocenters. The third-order valence-electron chi connectivity index (χ3n) is 5.18. The van der Waals surface area contributed by atoms with E-state index < -0.39 is 0 Å². The maximum Gasteiger partial charge on any atom is 0.163 e. The second kappa shape index (κ2) is 9.29. The number of Topliss-reactive ketones (excluding diaryl/α,β-unsaturated/α-hetero) is 1. The highest BCUT2D eigenvalue weighted by atomic mass is 79.9. The Balaban J connectivity index is 0.000000151. The number of fused-ring (bicyclic) bond motifs is 2. The molecule has 0 heterocycles. The van der Waals surface area contributed by atoms with Crippen LogP contribution in [-0.2, 0) is 12.8 Å². The first-order valence-electron chi connectivity index (χ1n) is 9.40. The van der Waals surface area contributed by atoms with Gasteiger partial charge in [0.05, 0.1) is 0 Å². The number of hydrogen-bond acceptors (Lipinski definition) is 2. The maximum absolute atomic E-state index is 11.6. The van der Waals surface area contributed by atoms with Crippen LogP contribution in [0.3, 0.4) is 0 Å². The van der Waals surface area contributed by atoms with Crippen molar-refractivity contribution in [1.82, 2.24) is 0 Å². The molecule has 2 N–H and O–H groups in total. The van der Waals surface area contributed by atoms with Gasteiger partial charge in [-0.1, -0.05) is 50.4 Å². The summed E-state index contributed by atoms with van der Waals surface area (Å²) < 4.78 is 2.24. The van der Waals surface area contributed by atoms with Gasteiger partial charge in [-0.15, -0.1) is 0 Å². The smallest absolute Gasteiger partial charge is 0.163 e. The first-order chi connectivity index (χ1) is 12.5. The molecule has 0 radical (unpaired) electrons. The summed E-state index contributed by atoms with van der Waals surface area (Å²) in [4.78, 5) is 11.6. The van der Waals surface area contributed by atoms with E-state index in [4.69, 9.17) is 5.73 Å². The number of ketones is 1. The minimum atomic E-state index is 0.255. The second-order valence-corrected chi connectivity index (χ2v) is 8.96. The lowest BCUT2D eigenvalue weighted by molar-refractivity contribution is 0.0982. The molecule has 2 nitrogen and oxygen atoms in total. The molecule has 0 saturated carbocycles. The predicted octanol–water partition coefficient (Wildman–Crippen LogP) is 6.53. The van der Waals surface area contributed by atoms with Gasteiger partial charge in [-0.3, -0.25) is 4.79 Å². The molecule has 0 aliphatic heterocycles. The average Bonchev–Trinajstić information content (AvgIpc) is 2.91. The summed E-state index contributed by atoms with van der Waals surface area (Å²) in [5.41, 5.74) is 11.0. The molecule has 26 heavy (non-hydrogen) atoms. The molecule has 0 aromatic heterocycles. The summed E-state index contributed by atoms with van der Waals surface area (Å²) in [5, 5.41) is 0. The van der Waals surface area contributed by atoms with Gasteiger partial charge in [0.2, 0.25) is 0 Å². The third-order valence-corrected chi connectivity index (χ3v) is 6.17. The van der Waals surface area contributed by atoms with Crippen LogP contribution < -0.4 is 5.73 Å². The number of rotatable bonds is 0. The fourth-order valence-corrected chi connectivity index (χ4v) is 4.58. The summed E-state index contributed by atoms with van der Waals surface area (Å²) in [6.07, 6.45) is 8.77. The summed E-state index contributed by atoms with van der Waals surface area (Å²) in [7, 11) is 0. The monoisotopic (exact) mass is 477 g/mol. The second-order valence-electron chi connectivity index (χ2n) is 7.13. The van der Waals surface area contributed by atoms with Crippen LogP contribution in [0.1, 0.15) is 71.6 Å². The van der Waals surface area contributed by atoms with E-state index in [-0.39, 0.29) is 6.04 Å². The van der Waals surface area contributed by atoms with Crippen LogP contribution in [0.2, 0.25) is 0 Å². The molecule has 2 aromatic rings. The number of carbonyl (C=O) groups is 1. The molecule has 0 saturated heterocycles. The Morgan fingerprint density at radius 2 is 1.42 bits per heavy atom. The Labute approximate surface area is 172 Å². The highest BCUT2D eigenvalue weighted by Crippen LogP contribution is 2.29. The molecule has 2 aliphatic carbocycles. The minimum Gasteiger partial charge on any atom is -0.324 e. The van der Waals surface area contributed by atoms with Crippen LogP contribution in [0.4, 0.5) is 0 Å². The molecule has 4 rings (SSSR count). The van der Waals surface area contributed by atoms with Gasteiger partial charge in [0.1, 0.15) is 0 Å². The maximum atomic E-state index is 11.6. The summed E-state index contributed by atoms with van der Waals surface area (Å²) >= 11 is 6.92. The third kappa shape index (κ3) is 5.05. The van der Waals surface area contributed by atoms with E-state index in [1.807, 2.05) is 12.1 Å².